The number of carbonyl (C=O) groups excluding carboxylic acids is 1. The van der Waals surface area contributed by atoms with Gasteiger partial charge in [-0.3, -0.25) is 0 Å². The van der Waals surface area contributed by atoms with E-state index in [4.69, 9.17) is 10.5 Å². The zero-order valence-electron chi connectivity index (χ0n) is 7.70. The summed E-state index contributed by atoms with van der Waals surface area (Å²) in [5, 5.41) is 0. The van der Waals surface area contributed by atoms with Gasteiger partial charge in [-0.25, -0.2) is 9.78 Å². The Hall–Kier alpha value is -1.58. The number of anilines is 1. The second-order valence-corrected chi connectivity index (χ2v) is 2.62. The highest BCUT2D eigenvalue weighted by Crippen LogP contribution is 2.08. The largest absolute Gasteiger partial charge is 0.461 e. The van der Waals surface area contributed by atoms with Crippen molar-refractivity contribution < 1.29 is 9.53 Å². The van der Waals surface area contributed by atoms with Crippen LogP contribution in [-0.2, 0) is 4.74 Å². The first-order valence-corrected chi connectivity index (χ1v) is 4.05. The van der Waals surface area contributed by atoms with Crippen LogP contribution in [0.15, 0.2) is 12.1 Å². The molecule has 0 bridgehead atoms. The van der Waals surface area contributed by atoms with Crippen LogP contribution in [0.4, 0.5) is 5.82 Å². The Labute approximate surface area is 76.7 Å². The molecule has 0 radical (unpaired) electrons. The number of aryl methyl sites for hydroxylation is 1. The first-order valence-electron chi connectivity index (χ1n) is 4.05. The minimum atomic E-state index is -0.424. The molecule has 4 heteroatoms. The van der Waals surface area contributed by atoms with Gasteiger partial charge in [0.1, 0.15) is 5.82 Å². The van der Waals surface area contributed by atoms with Gasteiger partial charge in [-0.2, -0.15) is 0 Å². The highest BCUT2D eigenvalue weighted by molar-refractivity contribution is 5.89. The Balaban J connectivity index is 2.99. The standard InChI is InChI=1S/C9H12N2O2/c1-3-13-9(12)8-6(2)4-5-7(10)11-8/h4-5H,3H2,1-2H3,(H2,10,11). The molecule has 0 amide bonds. The summed E-state index contributed by atoms with van der Waals surface area (Å²) in [6, 6.07) is 3.40. The maximum Gasteiger partial charge on any atom is 0.357 e. The van der Waals surface area contributed by atoms with E-state index in [0.717, 1.165) is 5.56 Å². The normalized spacial score (nSPS) is 9.69. The molecule has 0 aliphatic carbocycles. The number of esters is 1. The Kier molecular flexibility index (Phi) is 2.84. The van der Waals surface area contributed by atoms with E-state index >= 15 is 0 Å². The summed E-state index contributed by atoms with van der Waals surface area (Å²) < 4.78 is 4.81. The first-order chi connectivity index (χ1) is 6.15. The van der Waals surface area contributed by atoms with E-state index in [1.165, 1.54) is 0 Å². The van der Waals surface area contributed by atoms with Crippen molar-refractivity contribution in [1.82, 2.24) is 4.98 Å². The first kappa shape index (κ1) is 9.51. The minimum absolute atomic E-state index is 0.293. The molecule has 1 aromatic rings. The van der Waals surface area contributed by atoms with Crippen LogP contribution in [0.3, 0.4) is 0 Å². The van der Waals surface area contributed by atoms with Crippen LogP contribution in [0.25, 0.3) is 0 Å². The van der Waals surface area contributed by atoms with E-state index in [1.807, 2.05) is 0 Å². The van der Waals surface area contributed by atoms with Crippen molar-refractivity contribution in [3.05, 3.63) is 23.4 Å². The van der Waals surface area contributed by atoms with Gasteiger partial charge in [-0.1, -0.05) is 6.07 Å². The molecule has 1 rings (SSSR count). The molecule has 0 unspecified atom stereocenters. The third-order valence-electron chi connectivity index (χ3n) is 1.59. The second-order valence-electron chi connectivity index (χ2n) is 2.62. The zero-order valence-corrected chi connectivity index (χ0v) is 7.70. The molecule has 0 atom stereocenters. The Morgan fingerprint density at radius 3 is 2.92 bits per heavy atom. The number of hydrogen-bond donors (Lipinski definition) is 1. The summed E-state index contributed by atoms with van der Waals surface area (Å²) in [6.07, 6.45) is 0. The number of nitrogens with zero attached hydrogens (tertiary/aromatic N) is 1. The van der Waals surface area contributed by atoms with E-state index < -0.39 is 5.97 Å². The van der Waals surface area contributed by atoms with Gasteiger partial charge in [0.2, 0.25) is 0 Å². The van der Waals surface area contributed by atoms with E-state index in [0.29, 0.717) is 18.1 Å². The van der Waals surface area contributed by atoms with Gasteiger partial charge in [0.15, 0.2) is 5.69 Å². The number of carbonyl (C=O) groups is 1. The fraction of sp³-hybridized carbons (Fsp3) is 0.333. The van der Waals surface area contributed by atoms with Crippen molar-refractivity contribution in [3.63, 3.8) is 0 Å². The van der Waals surface area contributed by atoms with Gasteiger partial charge in [0.25, 0.3) is 0 Å². The van der Waals surface area contributed by atoms with Gasteiger partial charge in [-0.15, -0.1) is 0 Å². The van der Waals surface area contributed by atoms with Crippen molar-refractivity contribution in [2.45, 2.75) is 13.8 Å². The van der Waals surface area contributed by atoms with Crippen molar-refractivity contribution in [1.29, 1.82) is 0 Å². The topological polar surface area (TPSA) is 65.2 Å². The van der Waals surface area contributed by atoms with Crippen molar-refractivity contribution in [2.75, 3.05) is 12.3 Å². The Morgan fingerprint density at radius 1 is 1.62 bits per heavy atom. The van der Waals surface area contributed by atoms with Gasteiger partial charge in [-0.05, 0) is 25.5 Å². The van der Waals surface area contributed by atoms with Crippen molar-refractivity contribution >= 4 is 11.8 Å². The zero-order chi connectivity index (χ0) is 9.84. The van der Waals surface area contributed by atoms with E-state index in [1.54, 1.807) is 26.0 Å². The average Bonchev–Trinajstić information content (AvgIpc) is 2.09. The van der Waals surface area contributed by atoms with Crippen LogP contribution >= 0.6 is 0 Å². The maximum atomic E-state index is 11.3. The third-order valence-corrected chi connectivity index (χ3v) is 1.59. The fourth-order valence-corrected chi connectivity index (χ4v) is 0.950. The number of aromatic nitrogens is 1. The molecule has 13 heavy (non-hydrogen) atoms. The number of ether oxygens (including phenoxy) is 1. The summed E-state index contributed by atoms with van der Waals surface area (Å²) in [6.45, 7) is 3.88. The van der Waals surface area contributed by atoms with Gasteiger partial charge in [0.05, 0.1) is 6.61 Å². The number of hydrogen-bond acceptors (Lipinski definition) is 4. The Bertz CT molecular complexity index is 323. The third kappa shape index (κ3) is 2.18. The molecular weight excluding hydrogens is 168 g/mol. The average molecular weight is 180 g/mol. The number of nitrogen functional groups attached to an aromatic ring is 1. The number of rotatable bonds is 2. The summed E-state index contributed by atoms with van der Waals surface area (Å²) >= 11 is 0. The lowest BCUT2D eigenvalue weighted by atomic mass is 10.2. The van der Waals surface area contributed by atoms with Crippen LogP contribution < -0.4 is 5.73 Å². The monoisotopic (exact) mass is 180 g/mol. The van der Waals surface area contributed by atoms with Crippen LogP contribution in [0.2, 0.25) is 0 Å². The molecule has 70 valence electrons. The molecule has 0 aliphatic rings. The molecule has 0 spiro atoms. The lowest BCUT2D eigenvalue weighted by Crippen LogP contribution is -2.10. The van der Waals surface area contributed by atoms with E-state index in [2.05, 4.69) is 4.98 Å². The van der Waals surface area contributed by atoms with Crippen LogP contribution in [0.1, 0.15) is 23.0 Å². The van der Waals surface area contributed by atoms with Crippen molar-refractivity contribution in [2.24, 2.45) is 0 Å². The van der Waals surface area contributed by atoms with Crippen LogP contribution in [-0.4, -0.2) is 17.6 Å². The smallest absolute Gasteiger partial charge is 0.357 e. The highest BCUT2D eigenvalue weighted by atomic mass is 16.5. The van der Waals surface area contributed by atoms with Gasteiger partial charge < -0.3 is 10.5 Å². The molecule has 0 fully saturated rings. The molecule has 1 heterocycles. The molecular formula is C9H12N2O2. The minimum Gasteiger partial charge on any atom is -0.461 e. The molecule has 0 saturated heterocycles. The SMILES string of the molecule is CCOC(=O)c1nc(N)ccc1C. The summed E-state index contributed by atoms with van der Waals surface area (Å²) in [4.78, 5) is 15.2. The lowest BCUT2D eigenvalue weighted by Gasteiger charge is -2.04. The predicted molar refractivity (Wildman–Crippen MR) is 49.3 cm³/mol. The van der Waals surface area contributed by atoms with Crippen LogP contribution in [0, 0.1) is 6.92 Å². The highest BCUT2D eigenvalue weighted by Gasteiger charge is 2.11. The Morgan fingerprint density at radius 2 is 2.31 bits per heavy atom. The second kappa shape index (κ2) is 3.89. The van der Waals surface area contributed by atoms with Gasteiger partial charge in [0, 0.05) is 0 Å². The maximum absolute atomic E-state index is 11.3. The lowest BCUT2D eigenvalue weighted by molar-refractivity contribution is 0.0519. The molecule has 4 nitrogen and oxygen atoms in total. The molecule has 2 N–H and O–H groups in total. The summed E-state index contributed by atoms with van der Waals surface area (Å²) in [5.74, 6) is -0.0963. The molecule has 0 aromatic carbocycles. The van der Waals surface area contributed by atoms with E-state index in [9.17, 15) is 4.79 Å². The van der Waals surface area contributed by atoms with Crippen LogP contribution in [0.5, 0.6) is 0 Å². The van der Waals surface area contributed by atoms with Gasteiger partial charge >= 0.3 is 5.97 Å². The predicted octanol–water partition coefficient (Wildman–Crippen LogP) is 1.15. The summed E-state index contributed by atoms with van der Waals surface area (Å²) in [7, 11) is 0. The van der Waals surface area contributed by atoms with Crippen molar-refractivity contribution in [3.8, 4) is 0 Å². The number of pyridine rings is 1. The molecule has 0 saturated carbocycles. The fourth-order valence-electron chi connectivity index (χ4n) is 0.950. The quantitative estimate of drug-likeness (QED) is 0.693. The van der Waals surface area contributed by atoms with E-state index in [-0.39, 0.29) is 0 Å². The number of nitrogens with two attached hydrogens (primary N) is 1. The summed E-state index contributed by atoms with van der Waals surface area (Å²) in [5.41, 5.74) is 6.51. The molecule has 1 aromatic heterocycles. The molecule has 0 aliphatic heterocycles.